The number of nitrogens with zero attached hydrogens (tertiary/aromatic N) is 1. The zero-order valence-electron chi connectivity index (χ0n) is 10.7. The molecule has 2 atom stereocenters. The quantitative estimate of drug-likeness (QED) is 0.773. The number of rotatable bonds is 1. The van der Waals surface area contributed by atoms with Crippen LogP contribution in [0.3, 0.4) is 0 Å². The van der Waals surface area contributed by atoms with Gasteiger partial charge >= 0.3 is 0 Å². The maximum Gasteiger partial charge on any atom is 0.186 e. The summed E-state index contributed by atoms with van der Waals surface area (Å²) in [6, 6.07) is 0.849. The second-order valence-corrected chi connectivity index (χ2v) is 5.45. The number of hydrogen-bond donors (Lipinski definition) is 2. The third kappa shape index (κ3) is 2.21. The summed E-state index contributed by atoms with van der Waals surface area (Å²) >= 11 is 5.99. The second kappa shape index (κ2) is 5.35. The van der Waals surface area contributed by atoms with Gasteiger partial charge in [0, 0.05) is 32.1 Å². The Labute approximate surface area is 120 Å². The Balaban J connectivity index is 2.14. The summed E-state index contributed by atoms with van der Waals surface area (Å²) in [4.78, 5) is 1.78. The van der Waals surface area contributed by atoms with Gasteiger partial charge in [-0.2, -0.15) is 0 Å². The van der Waals surface area contributed by atoms with Crippen molar-refractivity contribution < 1.29 is 18.6 Å². The van der Waals surface area contributed by atoms with Gasteiger partial charge < -0.3 is 20.1 Å². The first-order chi connectivity index (χ1) is 9.61. The first-order valence-corrected chi connectivity index (χ1v) is 6.92. The summed E-state index contributed by atoms with van der Waals surface area (Å²) in [5.74, 6) is -1.82. The Bertz CT molecular complexity index is 530. The van der Waals surface area contributed by atoms with Crippen molar-refractivity contribution in [3.8, 4) is 5.75 Å². The molecule has 2 aliphatic heterocycles. The molecule has 2 heterocycles. The van der Waals surface area contributed by atoms with E-state index in [1.807, 2.05) is 0 Å². The molecule has 0 amide bonds. The van der Waals surface area contributed by atoms with E-state index in [9.17, 15) is 13.9 Å². The molecule has 1 saturated heterocycles. The molecule has 0 aliphatic carbocycles. The van der Waals surface area contributed by atoms with Crippen molar-refractivity contribution in [2.75, 3.05) is 31.1 Å². The summed E-state index contributed by atoms with van der Waals surface area (Å²) in [7, 11) is 0. The Morgan fingerprint density at radius 3 is 3.05 bits per heavy atom. The highest BCUT2D eigenvalue weighted by molar-refractivity contribution is 6.32. The number of nitrogens with one attached hydrogen (secondary N) is 1. The van der Waals surface area contributed by atoms with Gasteiger partial charge in [0.2, 0.25) is 0 Å². The number of benzene rings is 1. The summed E-state index contributed by atoms with van der Waals surface area (Å²) in [6.07, 6.45) is 0.0428. The Kier molecular flexibility index (Phi) is 3.70. The smallest absolute Gasteiger partial charge is 0.186 e. The molecule has 0 radical (unpaired) electrons. The molecule has 2 aliphatic rings. The maximum atomic E-state index is 14.2. The normalized spacial score (nSPS) is 25.5. The van der Waals surface area contributed by atoms with E-state index in [1.165, 1.54) is 0 Å². The minimum atomic E-state index is -0.989. The van der Waals surface area contributed by atoms with Crippen molar-refractivity contribution in [2.45, 2.75) is 18.6 Å². The zero-order valence-corrected chi connectivity index (χ0v) is 11.5. The van der Waals surface area contributed by atoms with Crippen LogP contribution in [0.25, 0.3) is 0 Å². The van der Waals surface area contributed by atoms with Gasteiger partial charge in [-0.05, 0) is 6.07 Å². The minimum absolute atomic E-state index is 0.0246. The molecule has 4 nitrogen and oxygen atoms in total. The van der Waals surface area contributed by atoms with E-state index >= 15 is 0 Å². The lowest BCUT2D eigenvalue weighted by Crippen LogP contribution is -2.52. The largest absolute Gasteiger partial charge is 0.484 e. The number of hydrogen-bond acceptors (Lipinski definition) is 4. The molecule has 1 aromatic rings. The van der Waals surface area contributed by atoms with E-state index in [4.69, 9.17) is 16.3 Å². The number of fused-ring (bicyclic) bond motifs is 3. The van der Waals surface area contributed by atoms with Crippen molar-refractivity contribution in [1.29, 1.82) is 0 Å². The summed E-state index contributed by atoms with van der Waals surface area (Å²) in [6.45, 7) is 1.65. The van der Waals surface area contributed by atoms with Crippen molar-refractivity contribution in [1.82, 2.24) is 5.32 Å². The lowest BCUT2D eigenvalue weighted by molar-refractivity contribution is 0.107. The molecule has 0 aromatic heterocycles. The van der Waals surface area contributed by atoms with Gasteiger partial charge in [-0.25, -0.2) is 8.78 Å². The highest BCUT2D eigenvalue weighted by Crippen LogP contribution is 2.43. The fourth-order valence-corrected chi connectivity index (χ4v) is 3.06. The minimum Gasteiger partial charge on any atom is -0.484 e. The Morgan fingerprint density at radius 1 is 1.50 bits per heavy atom. The van der Waals surface area contributed by atoms with Gasteiger partial charge in [-0.15, -0.1) is 0 Å². The van der Waals surface area contributed by atoms with Crippen LogP contribution < -0.4 is 15.0 Å². The van der Waals surface area contributed by atoms with Crippen LogP contribution in [0.5, 0.6) is 5.75 Å². The molecule has 7 heteroatoms. The third-order valence-corrected chi connectivity index (χ3v) is 4.04. The van der Waals surface area contributed by atoms with Crippen molar-refractivity contribution in [3.05, 3.63) is 22.7 Å². The van der Waals surface area contributed by atoms with Crippen LogP contribution in [0, 0.1) is 11.6 Å². The van der Waals surface area contributed by atoms with Gasteiger partial charge in [0.1, 0.15) is 11.8 Å². The van der Waals surface area contributed by atoms with E-state index < -0.39 is 17.7 Å². The summed E-state index contributed by atoms with van der Waals surface area (Å²) in [5.41, 5.74) is 0.0671. The molecule has 0 saturated carbocycles. The first-order valence-electron chi connectivity index (χ1n) is 6.54. The molecule has 3 rings (SSSR count). The van der Waals surface area contributed by atoms with E-state index in [0.29, 0.717) is 26.1 Å². The van der Waals surface area contributed by atoms with E-state index in [-0.39, 0.29) is 29.1 Å². The SMILES string of the molecule is OC[C@@H]1C[C@@H]2CNCCN2c2c(F)c(F)cc(Cl)c2O1. The van der Waals surface area contributed by atoms with Gasteiger partial charge in [0.25, 0.3) is 0 Å². The number of aliphatic hydroxyl groups is 1. The van der Waals surface area contributed by atoms with Crippen LogP contribution >= 0.6 is 11.6 Å². The van der Waals surface area contributed by atoms with Gasteiger partial charge in [0.05, 0.1) is 11.6 Å². The van der Waals surface area contributed by atoms with Crippen LogP contribution in [0.1, 0.15) is 6.42 Å². The summed E-state index contributed by atoms with van der Waals surface area (Å²) in [5, 5.41) is 12.6. The third-order valence-electron chi connectivity index (χ3n) is 3.76. The highest BCUT2D eigenvalue weighted by atomic mass is 35.5. The predicted octanol–water partition coefficient (Wildman–Crippen LogP) is 1.54. The van der Waals surface area contributed by atoms with Crippen LogP contribution in [0.15, 0.2) is 6.07 Å². The Hall–Kier alpha value is -1.11. The predicted molar refractivity (Wildman–Crippen MR) is 71.5 cm³/mol. The average molecular weight is 305 g/mol. The van der Waals surface area contributed by atoms with Crippen LogP contribution in [0.4, 0.5) is 14.5 Å². The Morgan fingerprint density at radius 2 is 2.30 bits per heavy atom. The number of piperazine rings is 1. The fourth-order valence-electron chi connectivity index (χ4n) is 2.83. The standard InChI is InChI=1S/C13H15ClF2N2O2/c14-9-4-10(15)11(16)12-13(9)20-8(6-19)3-7-5-17-1-2-18(7)12/h4,7-8,17,19H,1-3,5-6H2/t7-,8+/m1/s1. The lowest BCUT2D eigenvalue weighted by atomic mass is 10.1. The maximum absolute atomic E-state index is 14.2. The van der Waals surface area contributed by atoms with E-state index in [0.717, 1.165) is 6.07 Å². The topological polar surface area (TPSA) is 44.7 Å². The first kappa shape index (κ1) is 13.9. The number of anilines is 1. The van der Waals surface area contributed by atoms with E-state index in [2.05, 4.69) is 5.32 Å². The van der Waals surface area contributed by atoms with Crippen molar-refractivity contribution in [3.63, 3.8) is 0 Å². The number of ether oxygens (including phenoxy) is 1. The van der Waals surface area contributed by atoms with Crippen LogP contribution in [-0.4, -0.2) is 43.5 Å². The van der Waals surface area contributed by atoms with E-state index in [1.54, 1.807) is 4.90 Å². The van der Waals surface area contributed by atoms with Gasteiger partial charge in [-0.3, -0.25) is 0 Å². The second-order valence-electron chi connectivity index (χ2n) is 5.04. The monoisotopic (exact) mass is 304 g/mol. The molecular weight excluding hydrogens is 290 g/mol. The fraction of sp³-hybridized carbons (Fsp3) is 0.538. The number of halogens is 3. The molecule has 0 spiro atoms. The van der Waals surface area contributed by atoms with Gasteiger partial charge in [0.15, 0.2) is 17.4 Å². The molecule has 1 fully saturated rings. The molecule has 2 N–H and O–H groups in total. The molecule has 0 bridgehead atoms. The zero-order chi connectivity index (χ0) is 14.3. The summed E-state index contributed by atoms with van der Waals surface area (Å²) < 4.78 is 33.4. The van der Waals surface area contributed by atoms with Gasteiger partial charge in [-0.1, -0.05) is 11.6 Å². The average Bonchev–Trinajstić information content (AvgIpc) is 2.61. The van der Waals surface area contributed by atoms with Crippen molar-refractivity contribution in [2.24, 2.45) is 0 Å². The number of aliphatic hydroxyl groups excluding tert-OH is 1. The molecule has 110 valence electrons. The molecule has 1 aromatic carbocycles. The molecular formula is C13H15ClF2N2O2. The molecule has 20 heavy (non-hydrogen) atoms. The van der Waals surface area contributed by atoms with Crippen LogP contribution in [0.2, 0.25) is 5.02 Å². The lowest BCUT2D eigenvalue weighted by Gasteiger charge is -2.37. The van der Waals surface area contributed by atoms with Crippen molar-refractivity contribution >= 4 is 17.3 Å². The molecule has 0 unspecified atom stereocenters. The van der Waals surface area contributed by atoms with Crippen LogP contribution in [-0.2, 0) is 0 Å². The highest BCUT2D eigenvalue weighted by Gasteiger charge is 2.36.